The molecule has 6 heteroatoms. The Bertz CT molecular complexity index is 533. The third-order valence-corrected chi connectivity index (χ3v) is 5.69. The van der Waals surface area contributed by atoms with Crippen molar-refractivity contribution in [3.63, 3.8) is 0 Å². The van der Waals surface area contributed by atoms with Crippen molar-refractivity contribution in [2.45, 2.75) is 26.0 Å². The Morgan fingerprint density at radius 3 is 2.60 bits per heavy atom. The van der Waals surface area contributed by atoms with Gasteiger partial charge < -0.3 is 5.11 Å². The Labute approximate surface area is 121 Å². The Kier molecular flexibility index (Phi) is 4.80. The van der Waals surface area contributed by atoms with Gasteiger partial charge in [-0.05, 0) is 17.9 Å². The fourth-order valence-corrected chi connectivity index (χ4v) is 3.89. The number of aliphatic hydroxyl groups is 1. The largest absolute Gasteiger partial charge is 0.393 e. The van der Waals surface area contributed by atoms with Crippen molar-refractivity contribution in [3.8, 4) is 0 Å². The van der Waals surface area contributed by atoms with Crippen molar-refractivity contribution < 1.29 is 13.5 Å². The highest BCUT2D eigenvalue weighted by molar-refractivity contribution is 7.86. The lowest BCUT2D eigenvalue weighted by Gasteiger charge is -2.35. The lowest BCUT2D eigenvalue weighted by molar-refractivity contribution is 0.0610. The standard InChI is InChI=1S/C14H22N2O3S/c1-12-10-16(9-8-14(12)17)20(18,19)15(2)11-13-6-4-3-5-7-13/h3-7,12,14,17H,8-11H2,1-2H3. The number of benzene rings is 1. The molecule has 0 aliphatic carbocycles. The molecule has 20 heavy (non-hydrogen) atoms. The summed E-state index contributed by atoms with van der Waals surface area (Å²) in [6.45, 7) is 3.00. The molecular weight excluding hydrogens is 276 g/mol. The molecule has 0 aromatic heterocycles. The van der Waals surface area contributed by atoms with E-state index in [1.54, 1.807) is 7.05 Å². The van der Waals surface area contributed by atoms with E-state index in [2.05, 4.69) is 0 Å². The van der Waals surface area contributed by atoms with Gasteiger partial charge in [0.2, 0.25) is 0 Å². The molecule has 0 spiro atoms. The van der Waals surface area contributed by atoms with Crippen molar-refractivity contribution >= 4 is 10.2 Å². The molecule has 1 aliphatic rings. The van der Waals surface area contributed by atoms with Crippen LogP contribution < -0.4 is 0 Å². The predicted molar refractivity (Wildman–Crippen MR) is 78.2 cm³/mol. The van der Waals surface area contributed by atoms with E-state index in [1.165, 1.54) is 8.61 Å². The number of aliphatic hydroxyl groups excluding tert-OH is 1. The summed E-state index contributed by atoms with van der Waals surface area (Å²) in [6, 6.07) is 9.53. The van der Waals surface area contributed by atoms with Gasteiger partial charge in [-0.3, -0.25) is 0 Å². The number of hydrogen-bond acceptors (Lipinski definition) is 3. The van der Waals surface area contributed by atoms with Gasteiger partial charge in [0.05, 0.1) is 6.10 Å². The van der Waals surface area contributed by atoms with E-state index in [1.807, 2.05) is 37.3 Å². The maximum atomic E-state index is 12.5. The molecule has 1 fully saturated rings. The van der Waals surface area contributed by atoms with Crippen LogP contribution in [0.15, 0.2) is 30.3 Å². The van der Waals surface area contributed by atoms with E-state index in [-0.39, 0.29) is 5.92 Å². The van der Waals surface area contributed by atoms with Gasteiger partial charge in [-0.1, -0.05) is 37.3 Å². The molecule has 2 atom stereocenters. The van der Waals surface area contributed by atoms with Crippen LogP contribution >= 0.6 is 0 Å². The van der Waals surface area contributed by atoms with Crippen molar-refractivity contribution in [2.24, 2.45) is 5.92 Å². The van der Waals surface area contributed by atoms with Crippen LogP contribution in [0.5, 0.6) is 0 Å². The van der Waals surface area contributed by atoms with Crippen LogP contribution in [-0.4, -0.2) is 48.4 Å². The number of hydrogen-bond donors (Lipinski definition) is 1. The van der Waals surface area contributed by atoms with Crippen molar-refractivity contribution in [2.75, 3.05) is 20.1 Å². The fraction of sp³-hybridized carbons (Fsp3) is 0.571. The highest BCUT2D eigenvalue weighted by Gasteiger charge is 2.33. The average Bonchev–Trinajstić information content (AvgIpc) is 2.42. The van der Waals surface area contributed by atoms with Crippen LogP contribution in [0, 0.1) is 5.92 Å². The van der Waals surface area contributed by atoms with Gasteiger partial charge >= 0.3 is 0 Å². The summed E-state index contributed by atoms with van der Waals surface area (Å²) in [5.41, 5.74) is 0.962. The van der Waals surface area contributed by atoms with Gasteiger partial charge in [0.1, 0.15) is 0 Å². The van der Waals surface area contributed by atoms with Crippen LogP contribution in [0.2, 0.25) is 0 Å². The minimum absolute atomic E-state index is 0.0244. The molecule has 0 saturated carbocycles. The lowest BCUT2D eigenvalue weighted by atomic mass is 9.99. The number of nitrogens with zero attached hydrogens (tertiary/aromatic N) is 2. The van der Waals surface area contributed by atoms with Crippen molar-refractivity contribution in [1.29, 1.82) is 0 Å². The molecule has 1 aromatic carbocycles. The number of rotatable bonds is 4. The highest BCUT2D eigenvalue weighted by atomic mass is 32.2. The van der Waals surface area contributed by atoms with Gasteiger partial charge in [-0.15, -0.1) is 0 Å². The lowest BCUT2D eigenvalue weighted by Crippen LogP contribution is -2.49. The van der Waals surface area contributed by atoms with E-state index < -0.39 is 16.3 Å². The Morgan fingerprint density at radius 2 is 2.00 bits per heavy atom. The first-order valence-electron chi connectivity index (χ1n) is 6.84. The van der Waals surface area contributed by atoms with Gasteiger partial charge in [0, 0.05) is 26.7 Å². The molecule has 2 rings (SSSR count). The zero-order valence-corrected chi connectivity index (χ0v) is 12.8. The summed E-state index contributed by atoms with van der Waals surface area (Å²) >= 11 is 0. The van der Waals surface area contributed by atoms with Crippen LogP contribution in [0.25, 0.3) is 0 Å². The molecule has 1 aromatic rings. The van der Waals surface area contributed by atoms with E-state index in [9.17, 15) is 13.5 Å². The molecule has 1 heterocycles. The van der Waals surface area contributed by atoms with E-state index in [0.29, 0.717) is 26.1 Å². The molecule has 0 radical (unpaired) electrons. The minimum atomic E-state index is -3.46. The second kappa shape index (κ2) is 6.22. The van der Waals surface area contributed by atoms with Crippen LogP contribution in [0.3, 0.4) is 0 Å². The molecule has 0 amide bonds. The molecule has 112 valence electrons. The monoisotopic (exact) mass is 298 g/mol. The van der Waals surface area contributed by atoms with Crippen LogP contribution in [0.4, 0.5) is 0 Å². The number of piperidine rings is 1. The van der Waals surface area contributed by atoms with Crippen LogP contribution in [-0.2, 0) is 16.8 Å². The third-order valence-electron chi connectivity index (χ3n) is 3.79. The molecule has 1 aliphatic heterocycles. The van der Waals surface area contributed by atoms with Gasteiger partial charge in [-0.25, -0.2) is 0 Å². The fourth-order valence-electron chi connectivity index (χ4n) is 2.42. The first kappa shape index (κ1) is 15.4. The predicted octanol–water partition coefficient (Wildman–Crippen LogP) is 1.07. The van der Waals surface area contributed by atoms with Crippen molar-refractivity contribution in [3.05, 3.63) is 35.9 Å². The summed E-state index contributed by atoms with van der Waals surface area (Å²) in [5, 5.41) is 9.70. The Morgan fingerprint density at radius 1 is 1.35 bits per heavy atom. The zero-order valence-electron chi connectivity index (χ0n) is 11.9. The molecule has 0 bridgehead atoms. The SMILES string of the molecule is CC1CN(S(=O)(=O)N(C)Cc2ccccc2)CCC1O. The summed E-state index contributed by atoms with van der Waals surface area (Å²) in [6.07, 6.45) is 0.0976. The Balaban J connectivity index is 2.06. The van der Waals surface area contributed by atoms with Gasteiger partial charge in [0.25, 0.3) is 10.2 Å². The molecule has 5 nitrogen and oxygen atoms in total. The van der Waals surface area contributed by atoms with Gasteiger partial charge in [0.15, 0.2) is 0 Å². The molecule has 2 unspecified atom stereocenters. The van der Waals surface area contributed by atoms with E-state index in [0.717, 1.165) is 5.56 Å². The first-order chi connectivity index (χ1) is 9.41. The minimum Gasteiger partial charge on any atom is -0.393 e. The van der Waals surface area contributed by atoms with Gasteiger partial charge in [-0.2, -0.15) is 17.0 Å². The topological polar surface area (TPSA) is 60.9 Å². The second-order valence-corrected chi connectivity index (χ2v) is 7.48. The van der Waals surface area contributed by atoms with Crippen LogP contribution in [0.1, 0.15) is 18.9 Å². The first-order valence-corrected chi connectivity index (χ1v) is 8.24. The normalized spacial score (nSPS) is 25.0. The summed E-state index contributed by atoms with van der Waals surface area (Å²) in [7, 11) is -1.87. The molecular formula is C14H22N2O3S. The average molecular weight is 298 g/mol. The third kappa shape index (κ3) is 3.38. The summed E-state index contributed by atoms with van der Waals surface area (Å²) in [5.74, 6) is -0.0244. The smallest absolute Gasteiger partial charge is 0.282 e. The van der Waals surface area contributed by atoms with E-state index >= 15 is 0 Å². The molecule has 1 N–H and O–H groups in total. The van der Waals surface area contributed by atoms with Crippen molar-refractivity contribution in [1.82, 2.24) is 8.61 Å². The summed E-state index contributed by atoms with van der Waals surface area (Å²) in [4.78, 5) is 0. The highest BCUT2D eigenvalue weighted by Crippen LogP contribution is 2.21. The maximum Gasteiger partial charge on any atom is 0.282 e. The quantitative estimate of drug-likeness (QED) is 0.904. The maximum absolute atomic E-state index is 12.5. The Hall–Kier alpha value is -0.950. The summed E-state index contributed by atoms with van der Waals surface area (Å²) < 4.78 is 27.9. The molecule has 1 saturated heterocycles. The zero-order chi connectivity index (χ0) is 14.8. The second-order valence-electron chi connectivity index (χ2n) is 5.44. The van der Waals surface area contributed by atoms with E-state index in [4.69, 9.17) is 0 Å².